The van der Waals surface area contributed by atoms with Crippen molar-refractivity contribution >= 4 is 17.3 Å². The highest BCUT2D eigenvalue weighted by atomic mass is 35.5. The average Bonchev–Trinajstić information content (AvgIpc) is 2.16. The zero-order valence-electron chi connectivity index (χ0n) is 8.42. The summed E-state index contributed by atoms with van der Waals surface area (Å²) in [6.45, 7) is 4.34. The molecule has 0 saturated heterocycles. The Morgan fingerprint density at radius 1 is 1.31 bits per heavy atom. The standard InChI is InChI=1S/C11H16ClN/c1-9(2)13(3)11-7-5-4-6-10(11)8-12/h4-7,9H,8H2,1-3H3. The van der Waals surface area contributed by atoms with Crippen LogP contribution in [0.15, 0.2) is 24.3 Å². The van der Waals surface area contributed by atoms with Crippen LogP contribution in [0.3, 0.4) is 0 Å². The summed E-state index contributed by atoms with van der Waals surface area (Å²) in [5, 5.41) is 0. The van der Waals surface area contributed by atoms with Crippen LogP contribution < -0.4 is 4.90 Å². The summed E-state index contributed by atoms with van der Waals surface area (Å²) in [6, 6.07) is 8.75. The number of hydrogen-bond donors (Lipinski definition) is 0. The number of para-hydroxylation sites is 1. The van der Waals surface area contributed by atoms with E-state index in [2.05, 4.69) is 37.9 Å². The molecule has 0 aliphatic carbocycles. The topological polar surface area (TPSA) is 3.24 Å². The first-order valence-electron chi connectivity index (χ1n) is 4.53. The summed E-state index contributed by atoms with van der Waals surface area (Å²) in [5.41, 5.74) is 2.42. The lowest BCUT2D eigenvalue weighted by Gasteiger charge is -2.25. The summed E-state index contributed by atoms with van der Waals surface area (Å²) in [6.07, 6.45) is 0. The second-order valence-electron chi connectivity index (χ2n) is 3.47. The Hall–Kier alpha value is -0.690. The van der Waals surface area contributed by atoms with Crippen LogP contribution in [-0.4, -0.2) is 13.1 Å². The predicted molar refractivity (Wildman–Crippen MR) is 59.5 cm³/mol. The average molecular weight is 198 g/mol. The van der Waals surface area contributed by atoms with Gasteiger partial charge in [0.1, 0.15) is 0 Å². The van der Waals surface area contributed by atoms with Crippen molar-refractivity contribution in [1.82, 2.24) is 0 Å². The molecule has 0 aromatic heterocycles. The molecule has 0 heterocycles. The Bertz CT molecular complexity index is 271. The van der Waals surface area contributed by atoms with E-state index in [9.17, 15) is 0 Å². The molecule has 1 nitrogen and oxygen atoms in total. The van der Waals surface area contributed by atoms with Crippen LogP contribution in [-0.2, 0) is 5.88 Å². The van der Waals surface area contributed by atoms with E-state index in [1.807, 2.05) is 12.1 Å². The first kappa shape index (κ1) is 10.4. The van der Waals surface area contributed by atoms with Gasteiger partial charge >= 0.3 is 0 Å². The maximum Gasteiger partial charge on any atom is 0.0494 e. The fourth-order valence-corrected chi connectivity index (χ4v) is 1.47. The Morgan fingerprint density at radius 2 is 1.92 bits per heavy atom. The monoisotopic (exact) mass is 197 g/mol. The van der Waals surface area contributed by atoms with Crippen LogP contribution in [0.4, 0.5) is 5.69 Å². The molecule has 2 heteroatoms. The fourth-order valence-electron chi connectivity index (χ4n) is 1.25. The SMILES string of the molecule is CC(C)N(C)c1ccccc1CCl. The second kappa shape index (κ2) is 4.52. The van der Waals surface area contributed by atoms with E-state index in [4.69, 9.17) is 11.6 Å². The highest BCUT2D eigenvalue weighted by Crippen LogP contribution is 2.22. The van der Waals surface area contributed by atoms with Gasteiger partial charge in [0.15, 0.2) is 0 Å². The van der Waals surface area contributed by atoms with E-state index in [0.717, 1.165) is 0 Å². The number of rotatable bonds is 3. The molecule has 0 spiro atoms. The number of benzene rings is 1. The minimum absolute atomic E-state index is 0.504. The molecule has 0 unspecified atom stereocenters. The van der Waals surface area contributed by atoms with Crippen molar-refractivity contribution in [1.29, 1.82) is 0 Å². The van der Waals surface area contributed by atoms with Gasteiger partial charge < -0.3 is 4.90 Å². The molecule has 0 saturated carbocycles. The molecule has 0 aliphatic rings. The minimum atomic E-state index is 0.504. The number of nitrogens with zero attached hydrogens (tertiary/aromatic N) is 1. The van der Waals surface area contributed by atoms with Gasteiger partial charge in [0, 0.05) is 24.7 Å². The molecular weight excluding hydrogens is 182 g/mol. The van der Waals surface area contributed by atoms with Gasteiger partial charge in [-0.2, -0.15) is 0 Å². The van der Waals surface area contributed by atoms with Crippen molar-refractivity contribution in [3.05, 3.63) is 29.8 Å². The molecule has 1 aromatic rings. The normalized spacial score (nSPS) is 10.5. The number of anilines is 1. The summed E-state index contributed by atoms with van der Waals surface area (Å²) >= 11 is 5.85. The van der Waals surface area contributed by atoms with Gasteiger partial charge in [0.05, 0.1) is 0 Å². The first-order chi connectivity index (χ1) is 6.16. The minimum Gasteiger partial charge on any atom is -0.372 e. The van der Waals surface area contributed by atoms with Gasteiger partial charge in [0.25, 0.3) is 0 Å². The molecular formula is C11H16ClN. The lowest BCUT2D eigenvalue weighted by molar-refractivity contribution is 0.752. The predicted octanol–water partition coefficient (Wildman–Crippen LogP) is 3.27. The molecule has 0 atom stereocenters. The van der Waals surface area contributed by atoms with Gasteiger partial charge in [-0.1, -0.05) is 18.2 Å². The first-order valence-corrected chi connectivity index (χ1v) is 5.07. The molecule has 0 amide bonds. The van der Waals surface area contributed by atoms with Gasteiger partial charge in [-0.25, -0.2) is 0 Å². The smallest absolute Gasteiger partial charge is 0.0494 e. The number of halogens is 1. The third kappa shape index (κ3) is 2.38. The van der Waals surface area contributed by atoms with Crippen molar-refractivity contribution in [3.8, 4) is 0 Å². The van der Waals surface area contributed by atoms with Crippen LogP contribution in [0.5, 0.6) is 0 Å². The van der Waals surface area contributed by atoms with E-state index in [0.29, 0.717) is 11.9 Å². The maximum atomic E-state index is 5.85. The van der Waals surface area contributed by atoms with Crippen LogP contribution in [0, 0.1) is 0 Å². The lowest BCUT2D eigenvalue weighted by atomic mass is 10.1. The summed E-state index contributed by atoms with van der Waals surface area (Å²) in [4.78, 5) is 2.23. The van der Waals surface area contributed by atoms with Gasteiger partial charge in [-0.05, 0) is 25.5 Å². The molecule has 1 rings (SSSR count). The highest BCUT2D eigenvalue weighted by Gasteiger charge is 2.07. The van der Waals surface area contributed by atoms with E-state index in [1.54, 1.807) is 0 Å². The summed E-state index contributed by atoms with van der Waals surface area (Å²) in [7, 11) is 2.09. The van der Waals surface area contributed by atoms with Crippen LogP contribution in [0.25, 0.3) is 0 Å². The number of hydrogen-bond acceptors (Lipinski definition) is 1. The van der Waals surface area contributed by atoms with Crippen molar-refractivity contribution < 1.29 is 0 Å². The summed E-state index contributed by atoms with van der Waals surface area (Å²) in [5.74, 6) is 0.577. The van der Waals surface area contributed by atoms with Gasteiger partial charge in [-0.3, -0.25) is 0 Å². The van der Waals surface area contributed by atoms with Gasteiger partial charge in [0.2, 0.25) is 0 Å². The Balaban J connectivity index is 2.98. The quantitative estimate of drug-likeness (QED) is 0.673. The highest BCUT2D eigenvalue weighted by molar-refractivity contribution is 6.17. The Kier molecular flexibility index (Phi) is 3.61. The second-order valence-corrected chi connectivity index (χ2v) is 3.73. The van der Waals surface area contributed by atoms with Crippen LogP contribution in [0.2, 0.25) is 0 Å². The third-order valence-corrected chi connectivity index (χ3v) is 2.58. The van der Waals surface area contributed by atoms with E-state index in [1.165, 1.54) is 11.3 Å². The molecule has 13 heavy (non-hydrogen) atoms. The maximum absolute atomic E-state index is 5.85. The fraction of sp³-hybridized carbons (Fsp3) is 0.455. The van der Waals surface area contributed by atoms with E-state index >= 15 is 0 Å². The molecule has 0 radical (unpaired) electrons. The molecule has 0 aliphatic heterocycles. The molecule has 1 aromatic carbocycles. The lowest BCUT2D eigenvalue weighted by Crippen LogP contribution is -2.26. The molecule has 0 N–H and O–H groups in total. The largest absolute Gasteiger partial charge is 0.372 e. The van der Waals surface area contributed by atoms with Crippen molar-refractivity contribution in [2.24, 2.45) is 0 Å². The van der Waals surface area contributed by atoms with E-state index in [-0.39, 0.29) is 0 Å². The van der Waals surface area contributed by atoms with Crippen LogP contribution >= 0.6 is 11.6 Å². The summed E-state index contributed by atoms with van der Waals surface area (Å²) < 4.78 is 0. The molecule has 0 fully saturated rings. The third-order valence-electron chi connectivity index (χ3n) is 2.29. The zero-order valence-corrected chi connectivity index (χ0v) is 9.17. The van der Waals surface area contributed by atoms with Crippen molar-refractivity contribution in [3.63, 3.8) is 0 Å². The molecule has 0 bridgehead atoms. The van der Waals surface area contributed by atoms with Gasteiger partial charge in [-0.15, -0.1) is 11.6 Å². The molecule has 72 valence electrons. The number of alkyl halides is 1. The van der Waals surface area contributed by atoms with E-state index < -0.39 is 0 Å². The zero-order chi connectivity index (χ0) is 9.84. The Morgan fingerprint density at radius 3 is 2.46 bits per heavy atom. The Labute approximate surface area is 85.3 Å². The van der Waals surface area contributed by atoms with Crippen molar-refractivity contribution in [2.75, 3.05) is 11.9 Å². The van der Waals surface area contributed by atoms with Crippen molar-refractivity contribution in [2.45, 2.75) is 25.8 Å². The van der Waals surface area contributed by atoms with Crippen LogP contribution in [0.1, 0.15) is 19.4 Å².